The average molecular weight is 333 g/mol. The highest BCUT2D eigenvalue weighted by atomic mass is 15.2. The van der Waals surface area contributed by atoms with Crippen LogP contribution in [-0.2, 0) is 13.0 Å². The third kappa shape index (κ3) is 3.94. The van der Waals surface area contributed by atoms with Gasteiger partial charge in [-0.05, 0) is 36.5 Å². The number of H-pyrrole nitrogens is 1. The van der Waals surface area contributed by atoms with Gasteiger partial charge in [-0.2, -0.15) is 0 Å². The molecule has 4 rings (SSSR count). The summed E-state index contributed by atoms with van der Waals surface area (Å²) >= 11 is 0. The van der Waals surface area contributed by atoms with Gasteiger partial charge in [-0.15, -0.1) is 0 Å². The number of aromatic amines is 1. The number of rotatable bonds is 6. The average Bonchev–Trinajstić information content (AvgIpc) is 3.07. The molecule has 3 nitrogen and oxygen atoms in total. The first kappa shape index (κ1) is 16.4. The maximum Gasteiger partial charge on any atom is 0.0456 e. The third-order valence-electron chi connectivity index (χ3n) is 5.36. The maximum atomic E-state index is 3.58. The first-order valence-corrected chi connectivity index (χ1v) is 9.44. The van der Waals surface area contributed by atoms with Crippen molar-refractivity contribution in [2.45, 2.75) is 31.8 Å². The molecular formula is C22H27N3. The van der Waals surface area contributed by atoms with E-state index in [1.165, 1.54) is 34.9 Å². The highest BCUT2D eigenvalue weighted by Gasteiger charge is 2.21. The zero-order valence-corrected chi connectivity index (χ0v) is 14.7. The fraction of sp³-hybridized carbons (Fsp3) is 0.364. The van der Waals surface area contributed by atoms with Crippen LogP contribution in [0.4, 0.5) is 0 Å². The molecular weight excluding hydrogens is 306 g/mol. The van der Waals surface area contributed by atoms with Gasteiger partial charge in [0.2, 0.25) is 0 Å². The lowest BCUT2D eigenvalue weighted by molar-refractivity contribution is 0.143. The molecule has 1 aliphatic heterocycles. The number of para-hydroxylation sites is 1. The van der Waals surface area contributed by atoms with E-state index in [-0.39, 0.29) is 0 Å². The van der Waals surface area contributed by atoms with Gasteiger partial charge >= 0.3 is 0 Å². The minimum absolute atomic E-state index is 0.638. The molecule has 0 saturated carbocycles. The summed E-state index contributed by atoms with van der Waals surface area (Å²) in [5, 5.41) is 4.96. The Balaban J connectivity index is 1.35. The van der Waals surface area contributed by atoms with Crippen molar-refractivity contribution in [1.82, 2.24) is 15.2 Å². The van der Waals surface area contributed by atoms with Crippen LogP contribution in [-0.4, -0.2) is 35.6 Å². The number of nitrogens with one attached hydrogen (secondary N) is 2. The predicted molar refractivity (Wildman–Crippen MR) is 105 cm³/mol. The number of benzene rings is 2. The molecule has 0 bridgehead atoms. The molecule has 1 aliphatic rings. The van der Waals surface area contributed by atoms with Crippen molar-refractivity contribution in [2.75, 3.05) is 19.6 Å². The van der Waals surface area contributed by atoms with Gasteiger partial charge in [0.05, 0.1) is 0 Å². The normalized spacial score (nSPS) is 18.6. The number of piperazine rings is 1. The Morgan fingerprint density at radius 2 is 1.84 bits per heavy atom. The highest BCUT2D eigenvalue weighted by molar-refractivity contribution is 5.82. The largest absolute Gasteiger partial charge is 0.361 e. The molecule has 1 saturated heterocycles. The van der Waals surface area contributed by atoms with Crippen molar-refractivity contribution in [2.24, 2.45) is 0 Å². The Bertz CT molecular complexity index is 793. The van der Waals surface area contributed by atoms with E-state index in [1.807, 2.05) is 0 Å². The molecule has 25 heavy (non-hydrogen) atoms. The standard InChI is InChI=1S/C22H27N3/c1-2-7-18(8-3-1)17-25-14-13-23-16-20(25)10-6-9-19-15-24-22-12-5-4-11-21(19)22/h1-5,7-8,11-12,15,20,23-24H,6,9-10,13-14,16-17H2. The lowest BCUT2D eigenvalue weighted by Gasteiger charge is -2.36. The fourth-order valence-electron chi connectivity index (χ4n) is 3.98. The number of hydrogen-bond acceptors (Lipinski definition) is 2. The first-order chi connectivity index (χ1) is 12.4. The Hall–Kier alpha value is -2.10. The molecule has 2 N–H and O–H groups in total. The molecule has 0 radical (unpaired) electrons. The minimum Gasteiger partial charge on any atom is -0.361 e. The molecule has 1 fully saturated rings. The van der Waals surface area contributed by atoms with E-state index >= 15 is 0 Å². The smallest absolute Gasteiger partial charge is 0.0456 e. The van der Waals surface area contributed by atoms with Crippen molar-refractivity contribution < 1.29 is 0 Å². The van der Waals surface area contributed by atoms with E-state index in [0.29, 0.717) is 6.04 Å². The summed E-state index contributed by atoms with van der Waals surface area (Å²) in [6, 6.07) is 20.1. The summed E-state index contributed by atoms with van der Waals surface area (Å²) < 4.78 is 0. The Kier molecular flexibility index (Phi) is 5.14. The second-order valence-electron chi connectivity index (χ2n) is 7.07. The molecule has 0 spiro atoms. The molecule has 3 heteroatoms. The van der Waals surface area contributed by atoms with Gasteiger partial charge in [-0.25, -0.2) is 0 Å². The summed E-state index contributed by atoms with van der Waals surface area (Å²) in [6.45, 7) is 4.43. The summed E-state index contributed by atoms with van der Waals surface area (Å²) in [6.07, 6.45) is 5.82. The second-order valence-corrected chi connectivity index (χ2v) is 7.07. The molecule has 1 aromatic heterocycles. The predicted octanol–water partition coefficient (Wildman–Crippen LogP) is 3.96. The molecule has 130 valence electrons. The molecule has 3 aromatic rings. The molecule has 1 atom stereocenters. The number of fused-ring (bicyclic) bond motifs is 1. The van der Waals surface area contributed by atoms with Crippen LogP contribution >= 0.6 is 0 Å². The van der Waals surface area contributed by atoms with Crippen LogP contribution < -0.4 is 5.32 Å². The van der Waals surface area contributed by atoms with Crippen molar-refractivity contribution >= 4 is 10.9 Å². The summed E-state index contributed by atoms with van der Waals surface area (Å²) in [5.41, 5.74) is 4.13. The van der Waals surface area contributed by atoms with Crippen LogP contribution in [0.5, 0.6) is 0 Å². The zero-order chi connectivity index (χ0) is 16.9. The van der Waals surface area contributed by atoms with Gasteiger partial charge in [-0.1, -0.05) is 48.5 Å². The second kappa shape index (κ2) is 7.85. The Morgan fingerprint density at radius 3 is 2.76 bits per heavy atom. The van der Waals surface area contributed by atoms with E-state index in [4.69, 9.17) is 0 Å². The van der Waals surface area contributed by atoms with Crippen molar-refractivity contribution in [1.29, 1.82) is 0 Å². The Labute approximate surface area is 150 Å². The van der Waals surface area contributed by atoms with E-state index in [0.717, 1.165) is 32.6 Å². The quantitative estimate of drug-likeness (QED) is 0.715. The van der Waals surface area contributed by atoms with Gasteiger partial charge < -0.3 is 10.3 Å². The molecule has 2 aromatic carbocycles. The van der Waals surface area contributed by atoms with Crippen molar-refractivity contribution in [3.8, 4) is 0 Å². The zero-order valence-electron chi connectivity index (χ0n) is 14.7. The minimum atomic E-state index is 0.638. The van der Waals surface area contributed by atoms with Gasteiger partial charge in [0.1, 0.15) is 0 Å². The van der Waals surface area contributed by atoms with Crippen molar-refractivity contribution in [3.63, 3.8) is 0 Å². The van der Waals surface area contributed by atoms with Crippen LogP contribution in [0.2, 0.25) is 0 Å². The monoisotopic (exact) mass is 333 g/mol. The summed E-state index contributed by atoms with van der Waals surface area (Å²) in [7, 11) is 0. The number of aryl methyl sites for hydroxylation is 1. The molecule has 2 heterocycles. The summed E-state index contributed by atoms with van der Waals surface area (Å²) in [5.74, 6) is 0. The van der Waals surface area contributed by atoms with Crippen LogP contribution in [0.3, 0.4) is 0 Å². The van der Waals surface area contributed by atoms with Crippen LogP contribution in [0.15, 0.2) is 60.8 Å². The number of nitrogens with zero attached hydrogens (tertiary/aromatic N) is 1. The van der Waals surface area contributed by atoms with Gasteiger partial charge in [0.25, 0.3) is 0 Å². The Morgan fingerprint density at radius 1 is 1.00 bits per heavy atom. The summed E-state index contributed by atoms with van der Waals surface area (Å²) in [4.78, 5) is 6.05. The van der Waals surface area contributed by atoms with Crippen LogP contribution in [0.25, 0.3) is 10.9 Å². The molecule has 0 aliphatic carbocycles. The number of hydrogen-bond donors (Lipinski definition) is 2. The molecule has 1 unspecified atom stereocenters. The SMILES string of the molecule is c1ccc(CN2CCNCC2CCCc2c[nH]c3ccccc23)cc1. The van der Waals surface area contributed by atoms with Gasteiger partial charge in [0, 0.05) is 49.3 Å². The fourth-order valence-corrected chi connectivity index (χ4v) is 3.98. The van der Waals surface area contributed by atoms with Crippen LogP contribution in [0.1, 0.15) is 24.0 Å². The van der Waals surface area contributed by atoms with E-state index in [2.05, 4.69) is 76.0 Å². The first-order valence-electron chi connectivity index (χ1n) is 9.44. The van der Waals surface area contributed by atoms with Crippen molar-refractivity contribution in [3.05, 3.63) is 71.9 Å². The van der Waals surface area contributed by atoms with Crippen LogP contribution in [0, 0.1) is 0 Å². The molecule has 0 amide bonds. The lowest BCUT2D eigenvalue weighted by Crippen LogP contribution is -2.50. The van der Waals surface area contributed by atoms with Gasteiger partial charge in [-0.3, -0.25) is 4.90 Å². The lowest BCUT2D eigenvalue weighted by atomic mass is 10.0. The topological polar surface area (TPSA) is 31.1 Å². The van der Waals surface area contributed by atoms with Gasteiger partial charge in [0.15, 0.2) is 0 Å². The third-order valence-corrected chi connectivity index (χ3v) is 5.36. The van der Waals surface area contributed by atoms with E-state index in [9.17, 15) is 0 Å². The number of aromatic nitrogens is 1. The highest BCUT2D eigenvalue weighted by Crippen LogP contribution is 2.21. The van der Waals surface area contributed by atoms with E-state index in [1.54, 1.807) is 0 Å². The van der Waals surface area contributed by atoms with E-state index < -0.39 is 0 Å². The maximum absolute atomic E-state index is 3.58.